The van der Waals surface area contributed by atoms with Gasteiger partial charge in [-0.2, -0.15) is 0 Å². The van der Waals surface area contributed by atoms with Gasteiger partial charge < -0.3 is 14.5 Å². The summed E-state index contributed by atoms with van der Waals surface area (Å²) >= 11 is 6.21. The van der Waals surface area contributed by atoms with Gasteiger partial charge in [0.2, 0.25) is 5.95 Å². The second-order valence-corrected chi connectivity index (χ2v) is 9.95. The first kappa shape index (κ1) is 23.7. The van der Waals surface area contributed by atoms with Gasteiger partial charge >= 0.3 is 0 Å². The first-order valence-electron chi connectivity index (χ1n) is 12.8. The highest BCUT2D eigenvalue weighted by Gasteiger charge is 2.31. The predicted octanol–water partition coefficient (Wildman–Crippen LogP) is 7.15. The molecule has 1 atom stereocenters. The van der Waals surface area contributed by atoms with Crippen LogP contribution in [-0.2, 0) is 13.0 Å². The molecule has 0 unspecified atom stereocenters. The van der Waals surface area contributed by atoms with Crippen molar-refractivity contribution in [2.75, 3.05) is 11.9 Å². The van der Waals surface area contributed by atoms with E-state index in [1.54, 1.807) is 18.3 Å². The Balaban J connectivity index is 1.43. The minimum Gasteiger partial charge on any atom is -0.354 e. The highest BCUT2D eigenvalue weighted by Crippen LogP contribution is 2.40. The molecule has 6 rings (SSSR count). The molecule has 0 radical (unpaired) electrons. The number of imidazole rings is 1. The summed E-state index contributed by atoms with van der Waals surface area (Å²) in [6.45, 7) is 3.78. The lowest BCUT2D eigenvalue weighted by Crippen LogP contribution is -2.14. The topological polar surface area (TPSA) is 60.6 Å². The standard InChI is InChI=1S/C29H28ClFN6/c1-2-3-14-32-29-33-15-12-24(34-29)28-27(19-4-7-22(31)8-5-19)35-26-11-9-23(37(26)28)18-36-16-13-20-17-21(30)6-10-25(20)36/h4-8,10,12-13,15-17,23H,2-3,9,11,14,18H2,1H3,(H,32,33,34)/t23-/m0/s1. The number of anilines is 1. The minimum atomic E-state index is -0.265. The van der Waals surface area contributed by atoms with Crippen LogP contribution in [0.1, 0.15) is 38.1 Å². The lowest BCUT2D eigenvalue weighted by molar-refractivity contribution is 0.459. The normalized spacial score (nSPS) is 14.8. The summed E-state index contributed by atoms with van der Waals surface area (Å²) in [7, 11) is 0. The number of unbranched alkanes of at least 4 members (excludes halogenated alkanes) is 1. The zero-order valence-electron chi connectivity index (χ0n) is 20.7. The van der Waals surface area contributed by atoms with E-state index in [0.717, 1.165) is 83.2 Å². The van der Waals surface area contributed by atoms with E-state index in [9.17, 15) is 4.39 Å². The highest BCUT2D eigenvalue weighted by molar-refractivity contribution is 6.31. The number of halogens is 2. The molecule has 8 heteroatoms. The fourth-order valence-corrected chi connectivity index (χ4v) is 5.39. The van der Waals surface area contributed by atoms with Crippen molar-refractivity contribution in [1.82, 2.24) is 24.1 Å². The summed E-state index contributed by atoms with van der Waals surface area (Å²) in [6.07, 6.45) is 7.92. The Labute approximate surface area is 220 Å². The molecule has 6 nitrogen and oxygen atoms in total. The van der Waals surface area contributed by atoms with Crippen molar-refractivity contribution in [3.8, 4) is 22.6 Å². The average molecular weight is 515 g/mol. The van der Waals surface area contributed by atoms with Crippen molar-refractivity contribution in [2.24, 2.45) is 0 Å². The SMILES string of the molecule is CCCCNc1nccc(-c2c(-c3ccc(F)cc3)nc3n2[C@H](Cn2ccc4cc(Cl)ccc42)CC3)n1. The summed E-state index contributed by atoms with van der Waals surface area (Å²) in [5.41, 5.74) is 4.61. The van der Waals surface area contributed by atoms with Crippen LogP contribution in [0.5, 0.6) is 0 Å². The summed E-state index contributed by atoms with van der Waals surface area (Å²) in [4.78, 5) is 14.4. The van der Waals surface area contributed by atoms with Crippen molar-refractivity contribution in [3.05, 3.63) is 83.7 Å². The molecular weight excluding hydrogens is 487 g/mol. The maximum absolute atomic E-state index is 13.7. The molecule has 1 N–H and O–H groups in total. The highest BCUT2D eigenvalue weighted by atomic mass is 35.5. The second-order valence-electron chi connectivity index (χ2n) is 9.51. The third kappa shape index (κ3) is 4.60. The molecule has 1 aliphatic rings. The Morgan fingerprint density at radius 1 is 1.08 bits per heavy atom. The second kappa shape index (κ2) is 9.98. The molecule has 188 valence electrons. The maximum atomic E-state index is 13.7. The van der Waals surface area contributed by atoms with Crippen LogP contribution in [0.2, 0.25) is 5.02 Å². The summed E-state index contributed by atoms with van der Waals surface area (Å²) < 4.78 is 18.4. The van der Waals surface area contributed by atoms with E-state index in [1.807, 2.05) is 18.2 Å². The Bertz CT molecular complexity index is 1550. The van der Waals surface area contributed by atoms with Crippen LogP contribution < -0.4 is 5.32 Å². The molecule has 37 heavy (non-hydrogen) atoms. The van der Waals surface area contributed by atoms with Crippen LogP contribution >= 0.6 is 11.6 Å². The molecule has 0 amide bonds. The quantitative estimate of drug-likeness (QED) is 0.223. The smallest absolute Gasteiger partial charge is 0.223 e. The fraction of sp³-hybridized carbons (Fsp3) is 0.276. The zero-order valence-corrected chi connectivity index (χ0v) is 21.4. The van der Waals surface area contributed by atoms with Gasteiger partial charge in [-0.1, -0.05) is 24.9 Å². The number of nitrogens with one attached hydrogen (secondary N) is 1. The number of hydrogen-bond donors (Lipinski definition) is 1. The van der Waals surface area contributed by atoms with Crippen molar-refractivity contribution < 1.29 is 4.39 Å². The molecule has 2 aromatic carbocycles. The minimum absolute atomic E-state index is 0.199. The van der Waals surface area contributed by atoms with Gasteiger partial charge in [-0.15, -0.1) is 0 Å². The van der Waals surface area contributed by atoms with E-state index in [0.29, 0.717) is 5.95 Å². The van der Waals surface area contributed by atoms with Gasteiger partial charge in [-0.3, -0.25) is 0 Å². The van der Waals surface area contributed by atoms with Crippen LogP contribution in [0, 0.1) is 5.82 Å². The number of rotatable bonds is 8. The van der Waals surface area contributed by atoms with Gasteiger partial charge in [-0.05, 0) is 67.4 Å². The lowest BCUT2D eigenvalue weighted by atomic mass is 10.1. The third-order valence-corrected chi connectivity index (χ3v) is 7.26. The molecule has 1 aliphatic heterocycles. The van der Waals surface area contributed by atoms with E-state index in [-0.39, 0.29) is 11.9 Å². The van der Waals surface area contributed by atoms with Crippen LogP contribution in [0.4, 0.5) is 10.3 Å². The lowest BCUT2D eigenvalue weighted by Gasteiger charge is -2.19. The molecule has 0 aliphatic carbocycles. The third-order valence-electron chi connectivity index (χ3n) is 7.02. The van der Waals surface area contributed by atoms with Gasteiger partial charge in [0.05, 0.1) is 23.1 Å². The first-order valence-corrected chi connectivity index (χ1v) is 13.2. The Morgan fingerprint density at radius 3 is 2.78 bits per heavy atom. The Morgan fingerprint density at radius 2 is 1.95 bits per heavy atom. The van der Waals surface area contributed by atoms with Crippen LogP contribution in [0.25, 0.3) is 33.5 Å². The molecule has 0 saturated carbocycles. The maximum Gasteiger partial charge on any atom is 0.223 e. The van der Waals surface area contributed by atoms with Crippen molar-refractivity contribution >= 4 is 28.5 Å². The van der Waals surface area contributed by atoms with E-state index in [2.05, 4.69) is 44.7 Å². The largest absolute Gasteiger partial charge is 0.354 e. The summed E-state index contributed by atoms with van der Waals surface area (Å²) in [5, 5.41) is 5.20. The number of aromatic nitrogens is 5. The number of hydrogen-bond acceptors (Lipinski definition) is 4. The van der Waals surface area contributed by atoms with Gasteiger partial charge in [0.15, 0.2) is 0 Å². The fourth-order valence-electron chi connectivity index (χ4n) is 5.21. The van der Waals surface area contributed by atoms with Crippen LogP contribution in [0.3, 0.4) is 0 Å². The first-order chi connectivity index (χ1) is 18.1. The summed E-state index contributed by atoms with van der Waals surface area (Å²) in [6, 6.07) is 16.8. The Kier molecular flexibility index (Phi) is 6.38. The monoisotopic (exact) mass is 514 g/mol. The van der Waals surface area contributed by atoms with E-state index >= 15 is 0 Å². The molecule has 4 heterocycles. The molecule has 3 aromatic heterocycles. The molecule has 0 bridgehead atoms. The van der Waals surface area contributed by atoms with E-state index in [4.69, 9.17) is 21.6 Å². The van der Waals surface area contributed by atoms with Crippen molar-refractivity contribution in [1.29, 1.82) is 0 Å². The number of fused-ring (bicyclic) bond motifs is 2. The van der Waals surface area contributed by atoms with Gasteiger partial charge in [-0.25, -0.2) is 19.3 Å². The van der Waals surface area contributed by atoms with Gasteiger partial charge in [0, 0.05) is 53.4 Å². The molecule has 0 spiro atoms. The van der Waals surface area contributed by atoms with E-state index < -0.39 is 0 Å². The van der Waals surface area contributed by atoms with Gasteiger partial charge in [0.25, 0.3) is 0 Å². The molecule has 5 aromatic rings. The number of nitrogens with zero attached hydrogens (tertiary/aromatic N) is 5. The zero-order chi connectivity index (χ0) is 25.4. The number of aryl methyl sites for hydroxylation is 1. The van der Waals surface area contributed by atoms with E-state index in [1.165, 1.54) is 12.1 Å². The average Bonchev–Trinajstić information content (AvgIpc) is 3.59. The molecule has 0 fully saturated rings. The summed E-state index contributed by atoms with van der Waals surface area (Å²) in [5.74, 6) is 1.37. The van der Waals surface area contributed by atoms with Crippen LogP contribution in [0.15, 0.2) is 67.0 Å². The van der Waals surface area contributed by atoms with Crippen LogP contribution in [-0.4, -0.2) is 30.6 Å². The molecule has 0 saturated heterocycles. The van der Waals surface area contributed by atoms with Gasteiger partial charge in [0.1, 0.15) is 11.6 Å². The molecular formula is C29H28ClFN6. The van der Waals surface area contributed by atoms with Crippen molar-refractivity contribution in [2.45, 2.75) is 45.2 Å². The Hall–Kier alpha value is -3.71. The van der Waals surface area contributed by atoms with Crippen molar-refractivity contribution in [3.63, 3.8) is 0 Å². The number of benzene rings is 2. The predicted molar refractivity (Wildman–Crippen MR) is 146 cm³/mol.